The van der Waals surface area contributed by atoms with E-state index in [1.54, 1.807) is 0 Å². The van der Waals surface area contributed by atoms with Crippen LogP contribution in [0, 0.1) is 36.5 Å². The summed E-state index contributed by atoms with van der Waals surface area (Å²) in [5.41, 5.74) is 4.62. The molecule has 0 aliphatic heterocycles. The molecule has 0 fully saturated rings. The lowest BCUT2D eigenvalue weighted by molar-refractivity contribution is 1.43. The van der Waals surface area contributed by atoms with Crippen molar-refractivity contribution < 1.29 is 0 Å². The third kappa shape index (κ3) is 2.76. The fraction of sp³-hybridized carbons (Fsp3) is 0.111. The van der Waals surface area contributed by atoms with Crippen molar-refractivity contribution in [2.45, 2.75) is 13.8 Å². The molecular weight excluding hydrogens is 244 g/mol. The maximum atomic E-state index is 9.41. The van der Waals surface area contributed by atoms with E-state index in [1.165, 1.54) is 0 Å². The number of hydrogen-bond donors (Lipinski definition) is 0. The smallest absolute Gasteiger partial charge is 0.101 e. The second-order valence-corrected chi connectivity index (χ2v) is 4.71. The van der Waals surface area contributed by atoms with Crippen molar-refractivity contribution in [1.82, 2.24) is 0 Å². The zero-order chi connectivity index (χ0) is 14.5. The summed E-state index contributed by atoms with van der Waals surface area (Å²) in [5.74, 6) is 0. The van der Waals surface area contributed by atoms with Gasteiger partial charge in [-0.25, -0.2) is 0 Å². The van der Waals surface area contributed by atoms with E-state index < -0.39 is 0 Å². The van der Waals surface area contributed by atoms with E-state index >= 15 is 0 Å². The molecule has 96 valence electrons. The number of nitrogens with zero attached hydrogens (tertiary/aromatic N) is 2. The molecule has 20 heavy (non-hydrogen) atoms. The standard InChI is InChI=1S/C18H14N2/c1-13-3-7-15(8-4-13)17(11-19)18(12-20)16-9-5-14(2)6-10-16/h3-10H,1-2H3/b18-17-. The predicted molar refractivity (Wildman–Crippen MR) is 80.4 cm³/mol. The van der Waals surface area contributed by atoms with Crippen LogP contribution in [0.3, 0.4) is 0 Å². The van der Waals surface area contributed by atoms with Gasteiger partial charge in [-0.15, -0.1) is 0 Å². The average Bonchev–Trinajstić information content (AvgIpc) is 2.47. The van der Waals surface area contributed by atoms with Gasteiger partial charge in [0.15, 0.2) is 0 Å². The Hall–Kier alpha value is -2.84. The number of hydrogen-bond acceptors (Lipinski definition) is 2. The molecule has 2 aromatic carbocycles. The summed E-state index contributed by atoms with van der Waals surface area (Å²) in [4.78, 5) is 0. The number of benzene rings is 2. The van der Waals surface area contributed by atoms with Gasteiger partial charge in [0.2, 0.25) is 0 Å². The molecule has 0 radical (unpaired) electrons. The number of nitriles is 2. The fourth-order valence-electron chi connectivity index (χ4n) is 1.97. The van der Waals surface area contributed by atoms with E-state index in [0.717, 1.165) is 22.3 Å². The van der Waals surface area contributed by atoms with Gasteiger partial charge in [0.05, 0.1) is 11.1 Å². The summed E-state index contributed by atoms with van der Waals surface area (Å²) in [7, 11) is 0. The highest BCUT2D eigenvalue weighted by molar-refractivity contribution is 6.02. The van der Waals surface area contributed by atoms with E-state index in [0.29, 0.717) is 11.1 Å². The highest BCUT2D eigenvalue weighted by Gasteiger charge is 2.11. The Morgan fingerprint density at radius 2 is 0.950 bits per heavy atom. The second-order valence-electron chi connectivity index (χ2n) is 4.71. The van der Waals surface area contributed by atoms with Crippen molar-refractivity contribution in [2.24, 2.45) is 0 Å². The fourth-order valence-corrected chi connectivity index (χ4v) is 1.97. The molecule has 2 heteroatoms. The van der Waals surface area contributed by atoms with Crippen molar-refractivity contribution in [3.8, 4) is 12.1 Å². The van der Waals surface area contributed by atoms with E-state index in [1.807, 2.05) is 62.4 Å². The van der Waals surface area contributed by atoms with Crippen LogP contribution in [0.2, 0.25) is 0 Å². The Kier molecular flexibility index (Phi) is 3.99. The average molecular weight is 258 g/mol. The van der Waals surface area contributed by atoms with Gasteiger partial charge < -0.3 is 0 Å². The SMILES string of the molecule is Cc1ccc(/C(C#N)=C(/C#N)c2ccc(C)cc2)cc1. The zero-order valence-electron chi connectivity index (χ0n) is 11.5. The molecule has 0 saturated heterocycles. The van der Waals surface area contributed by atoms with Gasteiger partial charge in [0.25, 0.3) is 0 Å². The summed E-state index contributed by atoms with van der Waals surface area (Å²) in [6.45, 7) is 3.98. The lowest BCUT2D eigenvalue weighted by Crippen LogP contribution is -1.90. The highest BCUT2D eigenvalue weighted by Crippen LogP contribution is 2.26. The summed E-state index contributed by atoms with van der Waals surface area (Å²) in [6.07, 6.45) is 0. The minimum Gasteiger partial charge on any atom is -0.192 e. The van der Waals surface area contributed by atoms with Gasteiger partial charge in [-0.1, -0.05) is 59.7 Å². The summed E-state index contributed by atoms with van der Waals surface area (Å²) < 4.78 is 0. The summed E-state index contributed by atoms with van der Waals surface area (Å²) in [6, 6.07) is 19.6. The molecule has 0 amide bonds. The molecule has 2 nitrogen and oxygen atoms in total. The van der Waals surface area contributed by atoms with Crippen molar-refractivity contribution >= 4 is 11.1 Å². The first-order valence-corrected chi connectivity index (χ1v) is 6.34. The minimum absolute atomic E-state index is 0.413. The molecule has 0 atom stereocenters. The van der Waals surface area contributed by atoms with Crippen LogP contribution in [0.25, 0.3) is 11.1 Å². The van der Waals surface area contributed by atoms with Gasteiger partial charge in [-0.2, -0.15) is 10.5 Å². The van der Waals surface area contributed by atoms with Gasteiger partial charge >= 0.3 is 0 Å². The van der Waals surface area contributed by atoms with E-state index in [4.69, 9.17) is 0 Å². The molecular formula is C18H14N2. The summed E-state index contributed by atoms with van der Waals surface area (Å²) in [5, 5.41) is 18.8. The lowest BCUT2D eigenvalue weighted by atomic mass is 9.95. The first-order chi connectivity index (χ1) is 9.65. The minimum atomic E-state index is 0.413. The maximum Gasteiger partial charge on any atom is 0.101 e. The monoisotopic (exact) mass is 258 g/mol. The van der Waals surface area contributed by atoms with E-state index in [2.05, 4.69) is 12.1 Å². The highest BCUT2D eigenvalue weighted by atomic mass is 14.3. The van der Waals surface area contributed by atoms with Crippen molar-refractivity contribution in [1.29, 1.82) is 10.5 Å². The van der Waals surface area contributed by atoms with Gasteiger partial charge in [0.1, 0.15) is 12.1 Å². The van der Waals surface area contributed by atoms with Crippen LogP contribution in [0.5, 0.6) is 0 Å². The Bertz CT molecular complexity index is 655. The topological polar surface area (TPSA) is 47.6 Å². The van der Waals surface area contributed by atoms with Crippen LogP contribution < -0.4 is 0 Å². The normalized spacial score (nSPS) is 11.2. The molecule has 0 aliphatic rings. The largest absolute Gasteiger partial charge is 0.192 e. The van der Waals surface area contributed by atoms with Crippen molar-refractivity contribution in [3.05, 3.63) is 70.8 Å². The van der Waals surface area contributed by atoms with Crippen LogP contribution in [-0.2, 0) is 0 Å². The molecule has 2 rings (SSSR count). The Labute approximate surface area is 119 Å². The van der Waals surface area contributed by atoms with Crippen LogP contribution in [0.15, 0.2) is 48.5 Å². The molecule has 0 N–H and O–H groups in total. The Morgan fingerprint density at radius 3 is 1.20 bits per heavy atom. The third-order valence-corrected chi connectivity index (χ3v) is 3.15. The van der Waals surface area contributed by atoms with Crippen LogP contribution in [0.4, 0.5) is 0 Å². The molecule has 0 aliphatic carbocycles. The number of rotatable bonds is 2. The number of aryl methyl sites for hydroxylation is 2. The quantitative estimate of drug-likeness (QED) is 0.596. The van der Waals surface area contributed by atoms with Gasteiger partial charge in [0, 0.05) is 0 Å². The summed E-state index contributed by atoms with van der Waals surface area (Å²) >= 11 is 0. The van der Waals surface area contributed by atoms with Crippen molar-refractivity contribution in [3.63, 3.8) is 0 Å². The van der Waals surface area contributed by atoms with Crippen LogP contribution in [-0.4, -0.2) is 0 Å². The van der Waals surface area contributed by atoms with Gasteiger partial charge in [-0.05, 0) is 25.0 Å². The third-order valence-electron chi connectivity index (χ3n) is 3.15. The first kappa shape index (κ1) is 13.6. The molecule has 0 spiro atoms. The van der Waals surface area contributed by atoms with E-state index in [-0.39, 0.29) is 0 Å². The van der Waals surface area contributed by atoms with Crippen LogP contribution in [0.1, 0.15) is 22.3 Å². The maximum absolute atomic E-state index is 9.41. The van der Waals surface area contributed by atoms with Gasteiger partial charge in [-0.3, -0.25) is 0 Å². The molecule has 0 unspecified atom stereocenters. The Morgan fingerprint density at radius 1 is 0.650 bits per heavy atom. The van der Waals surface area contributed by atoms with Crippen molar-refractivity contribution in [2.75, 3.05) is 0 Å². The molecule has 0 heterocycles. The Balaban J connectivity index is 2.60. The lowest BCUT2D eigenvalue weighted by Gasteiger charge is -2.05. The molecule has 0 saturated carbocycles. The molecule has 2 aromatic rings. The van der Waals surface area contributed by atoms with E-state index in [9.17, 15) is 10.5 Å². The molecule has 0 aromatic heterocycles. The second kappa shape index (κ2) is 5.87. The zero-order valence-corrected chi connectivity index (χ0v) is 11.5. The molecule has 0 bridgehead atoms. The predicted octanol–water partition coefficient (Wildman–Crippen LogP) is 4.26. The first-order valence-electron chi connectivity index (χ1n) is 6.34. The van der Waals surface area contributed by atoms with Crippen LogP contribution >= 0.6 is 0 Å². The number of allylic oxidation sites excluding steroid dienone is 2.